The van der Waals surface area contributed by atoms with Crippen LogP contribution in [0, 0.1) is 10.1 Å². The van der Waals surface area contributed by atoms with Crippen LogP contribution in [-0.2, 0) is 0 Å². The highest BCUT2D eigenvalue weighted by Gasteiger charge is 2.29. The molecule has 1 fully saturated rings. The molecule has 3 rings (SSSR count). The highest BCUT2D eigenvalue weighted by molar-refractivity contribution is 5.94. The van der Waals surface area contributed by atoms with Crippen LogP contribution in [0.1, 0.15) is 0 Å². The van der Waals surface area contributed by atoms with Crippen LogP contribution in [0.15, 0.2) is 30.5 Å². The van der Waals surface area contributed by atoms with Gasteiger partial charge in [-0.25, -0.2) is 4.98 Å². The van der Waals surface area contributed by atoms with Gasteiger partial charge in [0.1, 0.15) is 5.69 Å². The topological polar surface area (TPSA) is 65.0 Å². The van der Waals surface area contributed by atoms with Crippen molar-refractivity contribution in [2.45, 2.75) is 0 Å². The Balaban J connectivity index is 2.15. The summed E-state index contributed by atoms with van der Waals surface area (Å²) in [4.78, 5) is 17.6. The van der Waals surface area contributed by atoms with Crippen molar-refractivity contribution < 1.29 is 14.8 Å². The number of rotatable bonds is 2. The molecule has 2 aromatic rings. The van der Waals surface area contributed by atoms with Gasteiger partial charge in [0.05, 0.1) is 43.5 Å². The van der Waals surface area contributed by atoms with Crippen LogP contribution in [0.3, 0.4) is 0 Å². The standard InChI is InChI=1S/C14H16N4O2/c1-16-6-8-17(9-7-16)14-11-4-2-3-5-12(11)15-10-13(14)18(19)20/h2-5,10H,6-9H2,1H3/p+2. The minimum absolute atomic E-state index is 0.156. The van der Waals surface area contributed by atoms with Crippen LogP contribution < -0.4 is 14.8 Å². The van der Waals surface area contributed by atoms with E-state index in [2.05, 4.69) is 16.9 Å². The maximum atomic E-state index is 11.3. The van der Waals surface area contributed by atoms with E-state index in [0.29, 0.717) is 0 Å². The van der Waals surface area contributed by atoms with E-state index in [1.807, 2.05) is 24.3 Å². The molecule has 20 heavy (non-hydrogen) atoms. The Morgan fingerprint density at radius 3 is 2.70 bits per heavy atom. The smallest absolute Gasteiger partial charge is 0.354 e. The van der Waals surface area contributed by atoms with E-state index in [4.69, 9.17) is 0 Å². The van der Waals surface area contributed by atoms with Crippen LogP contribution in [0.5, 0.6) is 0 Å². The van der Waals surface area contributed by atoms with Gasteiger partial charge in [0.25, 0.3) is 0 Å². The van der Waals surface area contributed by atoms with Gasteiger partial charge in [-0.3, -0.25) is 10.1 Å². The summed E-state index contributed by atoms with van der Waals surface area (Å²) in [6, 6.07) is 7.75. The van der Waals surface area contributed by atoms with E-state index >= 15 is 0 Å². The van der Waals surface area contributed by atoms with E-state index in [0.717, 1.165) is 42.8 Å². The number of nitrogens with zero attached hydrogens (tertiary/aromatic N) is 2. The summed E-state index contributed by atoms with van der Waals surface area (Å²) >= 11 is 0. The van der Waals surface area contributed by atoms with Crippen LogP contribution in [0.2, 0.25) is 0 Å². The number of nitrogens with one attached hydrogen (secondary N) is 2. The molecule has 6 nitrogen and oxygen atoms in total. The van der Waals surface area contributed by atoms with Gasteiger partial charge in [-0.15, -0.1) is 0 Å². The number of anilines is 1. The Morgan fingerprint density at radius 1 is 1.30 bits per heavy atom. The maximum absolute atomic E-state index is 11.3. The Kier molecular flexibility index (Phi) is 3.23. The number of likely N-dealkylation sites (N-methyl/N-ethyl adjacent to an activating group) is 1. The number of para-hydroxylation sites is 1. The average Bonchev–Trinajstić information content (AvgIpc) is 2.47. The molecule has 0 amide bonds. The largest absolute Gasteiger partial charge is 0.356 e. The van der Waals surface area contributed by atoms with Gasteiger partial charge in [-0.05, 0) is 6.07 Å². The summed E-state index contributed by atoms with van der Waals surface area (Å²) in [6.07, 6.45) is 1.50. The number of aromatic nitrogens is 1. The number of hydrogen-bond donors (Lipinski definition) is 1. The maximum Gasteiger partial charge on any atom is 0.356 e. The number of pyridine rings is 1. The van der Waals surface area contributed by atoms with Gasteiger partial charge in [-0.2, -0.15) is 0 Å². The fraction of sp³-hybridized carbons (Fsp3) is 0.357. The molecular formula is C14H18N4O2+2. The van der Waals surface area contributed by atoms with Crippen molar-refractivity contribution in [3.05, 3.63) is 40.6 Å². The summed E-state index contributed by atoms with van der Waals surface area (Å²) in [7, 11) is 2.16. The van der Waals surface area contributed by atoms with Crippen molar-refractivity contribution in [3.8, 4) is 0 Å². The first kappa shape index (κ1) is 12.8. The molecule has 0 radical (unpaired) electrons. The number of hydrogen-bond acceptors (Lipinski definition) is 3. The summed E-state index contributed by atoms with van der Waals surface area (Å²) in [6.45, 7) is 3.70. The van der Waals surface area contributed by atoms with Gasteiger partial charge in [0, 0.05) is 6.07 Å². The van der Waals surface area contributed by atoms with Gasteiger partial charge >= 0.3 is 5.69 Å². The number of nitro groups is 1. The fourth-order valence-corrected chi connectivity index (χ4v) is 2.75. The lowest BCUT2D eigenvalue weighted by Gasteiger charge is -2.31. The molecule has 1 aromatic heterocycles. The molecule has 0 atom stereocenters. The lowest BCUT2D eigenvalue weighted by Crippen LogP contribution is -3.12. The molecule has 0 saturated carbocycles. The van der Waals surface area contributed by atoms with Crippen LogP contribution in [0.4, 0.5) is 11.4 Å². The minimum Gasteiger partial charge on any atom is -0.354 e. The highest BCUT2D eigenvalue weighted by Crippen LogP contribution is 2.33. The Labute approximate surface area is 116 Å². The minimum atomic E-state index is -0.302. The lowest BCUT2D eigenvalue weighted by atomic mass is 10.1. The number of benzene rings is 1. The first-order valence-corrected chi connectivity index (χ1v) is 6.81. The summed E-state index contributed by atoms with van der Waals surface area (Å²) in [5.74, 6) is 0. The Hall–Kier alpha value is -2.21. The highest BCUT2D eigenvalue weighted by atomic mass is 16.6. The normalized spacial score (nSPS) is 16.6. The Morgan fingerprint density at radius 2 is 2.00 bits per heavy atom. The van der Waals surface area contributed by atoms with Gasteiger partial charge in [0.15, 0.2) is 0 Å². The molecule has 2 heterocycles. The average molecular weight is 274 g/mol. The molecular weight excluding hydrogens is 256 g/mol. The van der Waals surface area contributed by atoms with E-state index in [1.54, 1.807) is 0 Å². The quantitative estimate of drug-likeness (QED) is 0.614. The third-order valence-electron chi connectivity index (χ3n) is 3.92. The molecule has 2 N–H and O–H groups in total. The van der Waals surface area contributed by atoms with Gasteiger partial charge in [0.2, 0.25) is 11.7 Å². The molecule has 0 aliphatic carbocycles. The van der Waals surface area contributed by atoms with Gasteiger partial charge in [-0.1, -0.05) is 12.1 Å². The predicted octanol–water partition coefficient (Wildman–Crippen LogP) is -0.103. The number of fused-ring (bicyclic) bond motifs is 1. The molecule has 0 spiro atoms. The van der Waals surface area contributed by atoms with Crippen molar-refractivity contribution in [1.29, 1.82) is 0 Å². The molecule has 1 saturated heterocycles. The molecule has 104 valence electrons. The molecule has 1 aliphatic rings. The first-order chi connectivity index (χ1) is 9.66. The number of aromatic amines is 1. The number of H-pyrrole nitrogens is 1. The second-order valence-electron chi connectivity index (χ2n) is 5.27. The predicted molar refractivity (Wildman–Crippen MR) is 76.0 cm³/mol. The first-order valence-electron chi connectivity index (χ1n) is 6.81. The third-order valence-corrected chi connectivity index (χ3v) is 3.92. The monoisotopic (exact) mass is 274 g/mol. The number of quaternary nitrogens is 1. The molecule has 1 aliphatic heterocycles. The van der Waals surface area contributed by atoms with Crippen molar-refractivity contribution in [2.75, 3.05) is 38.1 Å². The molecule has 0 bridgehead atoms. The van der Waals surface area contributed by atoms with E-state index in [1.165, 1.54) is 11.1 Å². The van der Waals surface area contributed by atoms with Crippen molar-refractivity contribution in [1.82, 2.24) is 0 Å². The van der Waals surface area contributed by atoms with E-state index in [-0.39, 0.29) is 10.6 Å². The van der Waals surface area contributed by atoms with Gasteiger partial charge < -0.3 is 9.80 Å². The molecule has 6 heteroatoms. The van der Waals surface area contributed by atoms with E-state index < -0.39 is 0 Å². The number of piperazine rings is 1. The van der Waals surface area contributed by atoms with Crippen molar-refractivity contribution >= 4 is 22.3 Å². The zero-order valence-electron chi connectivity index (χ0n) is 11.4. The summed E-state index contributed by atoms with van der Waals surface area (Å²) in [5.41, 5.74) is 1.83. The van der Waals surface area contributed by atoms with Crippen molar-refractivity contribution in [3.63, 3.8) is 0 Å². The molecule has 0 unspecified atom stereocenters. The SMILES string of the molecule is C[NH+]1CCN(c2c([N+](=O)[O-])c[nH+]c3ccccc23)CC1. The third kappa shape index (κ3) is 2.18. The fourth-order valence-electron chi connectivity index (χ4n) is 2.75. The summed E-state index contributed by atoms with van der Waals surface area (Å²) in [5, 5.41) is 12.2. The van der Waals surface area contributed by atoms with Crippen molar-refractivity contribution in [2.24, 2.45) is 0 Å². The van der Waals surface area contributed by atoms with Crippen LogP contribution in [0.25, 0.3) is 10.9 Å². The van der Waals surface area contributed by atoms with E-state index in [9.17, 15) is 10.1 Å². The van der Waals surface area contributed by atoms with Crippen LogP contribution >= 0.6 is 0 Å². The second kappa shape index (κ2) is 5.05. The second-order valence-corrected chi connectivity index (χ2v) is 5.27. The molecule has 1 aromatic carbocycles. The van der Waals surface area contributed by atoms with Crippen LogP contribution in [-0.4, -0.2) is 38.2 Å². The Bertz CT molecular complexity index is 651. The summed E-state index contributed by atoms with van der Waals surface area (Å²) < 4.78 is 0. The lowest BCUT2D eigenvalue weighted by molar-refractivity contribution is -0.880. The zero-order valence-corrected chi connectivity index (χ0v) is 11.4. The zero-order chi connectivity index (χ0) is 14.1.